The zero-order valence-corrected chi connectivity index (χ0v) is 22.3. The number of hydrogen-bond donors (Lipinski definition) is 2. The molecule has 2 aliphatic rings. The molecule has 2 aromatic carbocycles. The van der Waals surface area contributed by atoms with Crippen LogP contribution in [0.5, 0.6) is 0 Å². The Labute approximate surface area is 220 Å². The van der Waals surface area contributed by atoms with Crippen molar-refractivity contribution in [2.45, 2.75) is 96.6 Å². The van der Waals surface area contributed by atoms with Crippen molar-refractivity contribution in [1.82, 2.24) is 10.6 Å². The van der Waals surface area contributed by atoms with Crippen molar-refractivity contribution in [3.05, 3.63) is 70.8 Å². The topological polar surface area (TPSA) is 92.3 Å². The Morgan fingerprint density at radius 2 is 1.32 bits per heavy atom. The van der Waals surface area contributed by atoms with Crippen molar-refractivity contribution in [2.75, 3.05) is 0 Å². The quantitative estimate of drug-likeness (QED) is 0.484. The van der Waals surface area contributed by atoms with Crippen LogP contribution in [0.3, 0.4) is 0 Å². The lowest BCUT2D eigenvalue weighted by Crippen LogP contribution is -2.44. The zero-order chi connectivity index (χ0) is 26.8. The Bertz CT molecular complexity index is 1110. The van der Waals surface area contributed by atoms with Gasteiger partial charge in [-0.05, 0) is 49.1 Å². The number of Topliss-reactive ketones (excluding diaryl/α,β-unsaturated/α-hetero) is 2. The molecule has 0 aliphatic carbocycles. The first-order valence-corrected chi connectivity index (χ1v) is 13.7. The van der Waals surface area contributed by atoms with Crippen LogP contribution in [0.2, 0.25) is 0 Å². The van der Waals surface area contributed by atoms with Gasteiger partial charge < -0.3 is 10.6 Å². The molecular formula is C31H40N2O4. The molecule has 2 atom stereocenters. The molecular weight excluding hydrogens is 464 g/mol. The lowest BCUT2D eigenvalue weighted by molar-refractivity contribution is -0.123. The highest BCUT2D eigenvalue weighted by Gasteiger charge is 2.27. The average Bonchev–Trinajstić information content (AvgIpc) is 3.13. The zero-order valence-electron chi connectivity index (χ0n) is 22.3. The van der Waals surface area contributed by atoms with E-state index in [-0.39, 0.29) is 35.5 Å². The Balaban J connectivity index is 0.000000206. The monoisotopic (exact) mass is 504 g/mol. The first kappa shape index (κ1) is 28.3. The van der Waals surface area contributed by atoms with Gasteiger partial charge in [-0.15, -0.1) is 0 Å². The van der Waals surface area contributed by atoms with Gasteiger partial charge in [0.25, 0.3) is 0 Å². The maximum absolute atomic E-state index is 12.6. The number of carbonyl (C=O) groups excluding carboxylic acids is 4. The smallest absolute Gasteiger partial charge is 0.220 e. The Morgan fingerprint density at radius 3 is 1.97 bits per heavy atom. The van der Waals surface area contributed by atoms with E-state index in [4.69, 9.17) is 0 Å². The number of carbonyl (C=O) groups is 4. The van der Waals surface area contributed by atoms with Gasteiger partial charge in [0.15, 0.2) is 11.6 Å². The summed E-state index contributed by atoms with van der Waals surface area (Å²) in [5.41, 5.74) is 3.67. The fourth-order valence-electron chi connectivity index (χ4n) is 5.02. The molecule has 0 aromatic heterocycles. The van der Waals surface area contributed by atoms with Gasteiger partial charge in [0.2, 0.25) is 11.8 Å². The fourth-order valence-corrected chi connectivity index (χ4v) is 5.02. The second-order valence-corrected chi connectivity index (χ2v) is 10.3. The predicted octanol–water partition coefficient (Wildman–Crippen LogP) is 5.54. The summed E-state index contributed by atoms with van der Waals surface area (Å²) in [5.74, 6) is 0.415. The SMILES string of the molecule is CC(C)c1ccccc1C(=O)C1CCCCC(=O)N1.CCCc1ccccc1C(=O)C1CCCC(=O)N1. The van der Waals surface area contributed by atoms with Gasteiger partial charge in [-0.25, -0.2) is 0 Å². The van der Waals surface area contributed by atoms with E-state index in [9.17, 15) is 19.2 Å². The molecule has 0 spiro atoms. The highest BCUT2D eigenvalue weighted by molar-refractivity contribution is 6.04. The first-order valence-electron chi connectivity index (χ1n) is 13.7. The van der Waals surface area contributed by atoms with E-state index in [0.29, 0.717) is 18.8 Å². The van der Waals surface area contributed by atoms with E-state index in [1.54, 1.807) is 0 Å². The molecule has 2 aromatic rings. The van der Waals surface area contributed by atoms with Crippen LogP contribution in [0.4, 0.5) is 0 Å². The third kappa shape index (κ3) is 7.85. The molecule has 2 fully saturated rings. The van der Waals surface area contributed by atoms with Crippen molar-refractivity contribution in [3.63, 3.8) is 0 Å². The average molecular weight is 505 g/mol. The van der Waals surface area contributed by atoms with Gasteiger partial charge in [-0.2, -0.15) is 0 Å². The molecule has 6 nitrogen and oxygen atoms in total. The lowest BCUT2D eigenvalue weighted by atomic mass is 9.91. The molecule has 2 aliphatic heterocycles. The summed E-state index contributed by atoms with van der Waals surface area (Å²) in [6, 6.07) is 14.7. The first-order chi connectivity index (χ1) is 17.8. The van der Waals surface area contributed by atoms with E-state index in [0.717, 1.165) is 67.2 Å². The van der Waals surface area contributed by atoms with Crippen molar-refractivity contribution >= 4 is 23.4 Å². The van der Waals surface area contributed by atoms with Gasteiger partial charge in [-0.1, -0.05) is 82.1 Å². The van der Waals surface area contributed by atoms with Crippen molar-refractivity contribution in [1.29, 1.82) is 0 Å². The summed E-state index contributed by atoms with van der Waals surface area (Å²) in [6.07, 6.45) is 7.11. The van der Waals surface area contributed by atoms with E-state index in [2.05, 4.69) is 31.4 Å². The van der Waals surface area contributed by atoms with Crippen LogP contribution < -0.4 is 10.6 Å². The van der Waals surface area contributed by atoms with E-state index in [1.165, 1.54) is 0 Å². The summed E-state index contributed by atoms with van der Waals surface area (Å²) < 4.78 is 0. The largest absolute Gasteiger partial charge is 0.346 e. The van der Waals surface area contributed by atoms with Crippen LogP contribution in [0, 0.1) is 0 Å². The van der Waals surface area contributed by atoms with Crippen LogP contribution in [-0.2, 0) is 16.0 Å². The lowest BCUT2D eigenvalue weighted by Gasteiger charge is -2.23. The number of hydrogen-bond acceptors (Lipinski definition) is 4. The molecule has 4 rings (SSSR count). The molecule has 0 radical (unpaired) electrons. The molecule has 198 valence electrons. The van der Waals surface area contributed by atoms with E-state index >= 15 is 0 Å². The Kier molecular flexibility index (Phi) is 10.6. The maximum Gasteiger partial charge on any atom is 0.220 e. The molecule has 2 unspecified atom stereocenters. The van der Waals surface area contributed by atoms with Crippen LogP contribution >= 0.6 is 0 Å². The summed E-state index contributed by atoms with van der Waals surface area (Å²) in [4.78, 5) is 48.0. The number of amides is 2. The van der Waals surface area contributed by atoms with Gasteiger partial charge in [0.05, 0.1) is 12.1 Å². The summed E-state index contributed by atoms with van der Waals surface area (Å²) in [7, 11) is 0. The van der Waals surface area contributed by atoms with E-state index in [1.807, 2.05) is 48.5 Å². The highest BCUT2D eigenvalue weighted by Crippen LogP contribution is 2.23. The molecule has 2 heterocycles. The normalized spacial score (nSPS) is 19.7. The Morgan fingerprint density at radius 1 is 0.784 bits per heavy atom. The minimum atomic E-state index is -0.352. The number of ketones is 2. The minimum Gasteiger partial charge on any atom is -0.346 e. The molecule has 6 heteroatoms. The van der Waals surface area contributed by atoms with E-state index < -0.39 is 0 Å². The second-order valence-electron chi connectivity index (χ2n) is 10.3. The predicted molar refractivity (Wildman–Crippen MR) is 146 cm³/mol. The second kappa shape index (κ2) is 13.9. The third-order valence-electron chi connectivity index (χ3n) is 7.00. The van der Waals surface area contributed by atoms with Gasteiger partial charge >= 0.3 is 0 Å². The number of nitrogens with one attached hydrogen (secondary N) is 2. The van der Waals surface area contributed by atoms with Crippen LogP contribution in [0.25, 0.3) is 0 Å². The molecule has 2 N–H and O–H groups in total. The van der Waals surface area contributed by atoms with Gasteiger partial charge in [0, 0.05) is 24.0 Å². The van der Waals surface area contributed by atoms with Crippen LogP contribution in [0.15, 0.2) is 48.5 Å². The van der Waals surface area contributed by atoms with Crippen molar-refractivity contribution in [2.24, 2.45) is 0 Å². The summed E-state index contributed by atoms with van der Waals surface area (Å²) in [6.45, 7) is 6.26. The van der Waals surface area contributed by atoms with Gasteiger partial charge in [0.1, 0.15) is 0 Å². The molecule has 2 amide bonds. The summed E-state index contributed by atoms with van der Waals surface area (Å²) in [5, 5.41) is 5.65. The minimum absolute atomic E-state index is 0.00196. The third-order valence-corrected chi connectivity index (χ3v) is 7.00. The summed E-state index contributed by atoms with van der Waals surface area (Å²) >= 11 is 0. The van der Waals surface area contributed by atoms with Gasteiger partial charge in [-0.3, -0.25) is 19.2 Å². The number of rotatable bonds is 7. The standard InChI is InChI=1S/C16H21NO2.C15H19NO2/c1-11(2)12-7-3-4-8-13(12)16(19)14-9-5-6-10-15(18)17-14;1-2-6-11-7-3-4-8-12(11)15(18)13-9-5-10-14(17)16-13/h3-4,7-8,11,14H,5-6,9-10H2,1-2H3,(H,17,18);3-4,7-8,13H,2,5-6,9-10H2,1H3,(H,16,17). The number of benzene rings is 2. The number of piperidine rings is 1. The molecule has 0 saturated carbocycles. The Hall–Kier alpha value is -3.28. The maximum atomic E-state index is 12.6. The number of aryl methyl sites for hydroxylation is 1. The van der Waals surface area contributed by atoms with Crippen LogP contribution in [0.1, 0.15) is 110 Å². The molecule has 2 saturated heterocycles. The van der Waals surface area contributed by atoms with Crippen molar-refractivity contribution in [3.8, 4) is 0 Å². The van der Waals surface area contributed by atoms with Crippen LogP contribution in [-0.4, -0.2) is 35.5 Å². The fraction of sp³-hybridized carbons (Fsp3) is 0.484. The highest BCUT2D eigenvalue weighted by atomic mass is 16.2. The molecule has 37 heavy (non-hydrogen) atoms. The molecule has 0 bridgehead atoms. The van der Waals surface area contributed by atoms with Crippen molar-refractivity contribution < 1.29 is 19.2 Å².